The number of para-hydroxylation sites is 1. The van der Waals surface area contributed by atoms with Crippen LogP contribution in [-0.2, 0) is 0 Å². The quantitative estimate of drug-likeness (QED) is 0.853. The Morgan fingerprint density at radius 2 is 2.10 bits per heavy atom. The molecule has 1 N–H and O–H groups in total. The van der Waals surface area contributed by atoms with E-state index in [-0.39, 0.29) is 0 Å². The van der Waals surface area contributed by atoms with Crippen LogP contribution in [-0.4, -0.2) is 17.3 Å². The molecule has 1 aliphatic rings. The Hall–Kier alpha value is -1.78. The van der Waals surface area contributed by atoms with E-state index in [2.05, 4.69) is 15.5 Å². The lowest BCUT2D eigenvalue weighted by Gasteiger charge is -2.18. The Morgan fingerprint density at radius 3 is 2.95 bits per heavy atom. The molecule has 0 fully saturated rings. The molecule has 0 radical (unpaired) electrons. The molecule has 2 aromatic rings. The van der Waals surface area contributed by atoms with Crippen LogP contribution in [0.2, 0.25) is 10.0 Å². The fraction of sp³-hybridized carbons (Fsp3) is 0.143. The van der Waals surface area contributed by atoms with Crippen molar-refractivity contribution >= 4 is 34.7 Å². The van der Waals surface area contributed by atoms with Gasteiger partial charge in [-0.25, -0.2) is 4.98 Å². The van der Waals surface area contributed by atoms with Crippen molar-refractivity contribution in [2.75, 3.05) is 12.0 Å². The van der Waals surface area contributed by atoms with Crippen molar-refractivity contribution in [2.24, 2.45) is 5.10 Å². The largest absolute Gasteiger partial charge is 0.492 e. The smallest absolute Gasteiger partial charge is 0.165 e. The van der Waals surface area contributed by atoms with Crippen molar-refractivity contribution in [3.63, 3.8) is 0 Å². The van der Waals surface area contributed by atoms with Gasteiger partial charge in [0.05, 0.1) is 22.4 Å². The lowest BCUT2D eigenvalue weighted by atomic mass is 10.0. The Labute approximate surface area is 126 Å². The van der Waals surface area contributed by atoms with E-state index in [1.807, 2.05) is 24.3 Å². The molecule has 6 heteroatoms. The Bertz CT molecular complexity index is 673. The summed E-state index contributed by atoms with van der Waals surface area (Å²) < 4.78 is 5.58. The molecule has 1 aromatic heterocycles. The summed E-state index contributed by atoms with van der Waals surface area (Å²) >= 11 is 11.8. The third-order valence-corrected chi connectivity index (χ3v) is 3.39. The van der Waals surface area contributed by atoms with E-state index in [9.17, 15) is 0 Å². The number of pyridine rings is 1. The van der Waals surface area contributed by atoms with E-state index in [0.717, 1.165) is 23.4 Å². The van der Waals surface area contributed by atoms with E-state index in [1.54, 1.807) is 6.07 Å². The first-order chi connectivity index (χ1) is 9.74. The average Bonchev–Trinajstić information content (AvgIpc) is 2.46. The summed E-state index contributed by atoms with van der Waals surface area (Å²) in [4.78, 5) is 4.10. The predicted molar refractivity (Wildman–Crippen MR) is 81.0 cm³/mol. The van der Waals surface area contributed by atoms with Gasteiger partial charge in [-0.15, -0.1) is 0 Å². The number of nitrogens with zero attached hydrogens (tertiary/aromatic N) is 2. The summed E-state index contributed by atoms with van der Waals surface area (Å²) in [6.07, 6.45) is 2.25. The molecular weight excluding hydrogens is 297 g/mol. The van der Waals surface area contributed by atoms with Crippen molar-refractivity contribution in [1.82, 2.24) is 4.98 Å². The number of benzene rings is 1. The molecule has 0 bridgehead atoms. The Kier molecular flexibility index (Phi) is 3.76. The van der Waals surface area contributed by atoms with E-state index < -0.39 is 0 Å². The first kappa shape index (κ1) is 13.2. The summed E-state index contributed by atoms with van der Waals surface area (Å²) in [6.45, 7) is 0.610. The zero-order chi connectivity index (χ0) is 13.9. The fourth-order valence-corrected chi connectivity index (χ4v) is 2.38. The number of fused-ring (bicyclic) bond motifs is 1. The molecule has 0 unspecified atom stereocenters. The van der Waals surface area contributed by atoms with Crippen molar-refractivity contribution in [3.05, 3.63) is 52.1 Å². The highest BCUT2D eigenvalue weighted by atomic mass is 35.5. The number of hydrogen-bond donors (Lipinski definition) is 1. The second kappa shape index (κ2) is 5.69. The lowest BCUT2D eigenvalue weighted by Crippen LogP contribution is -2.17. The van der Waals surface area contributed by atoms with Gasteiger partial charge in [0.2, 0.25) is 0 Å². The van der Waals surface area contributed by atoms with Gasteiger partial charge < -0.3 is 4.74 Å². The number of hydrogen-bond acceptors (Lipinski definition) is 4. The zero-order valence-electron chi connectivity index (χ0n) is 10.4. The average molecular weight is 308 g/mol. The van der Waals surface area contributed by atoms with Crippen LogP contribution in [0.3, 0.4) is 0 Å². The first-order valence-electron chi connectivity index (χ1n) is 6.10. The minimum atomic E-state index is 0.433. The molecule has 102 valence electrons. The molecule has 1 aliphatic heterocycles. The highest BCUT2D eigenvalue weighted by Crippen LogP contribution is 2.26. The number of aromatic nitrogens is 1. The number of nitrogens with one attached hydrogen (secondary N) is 1. The molecule has 1 aromatic carbocycles. The van der Waals surface area contributed by atoms with Crippen LogP contribution in [0.1, 0.15) is 12.0 Å². The monoisotopic (exact) mass is 307 g/mol. The van der Waals surface area contributed by atoms with Crippen LogP contribution in [0.5, 0.6) is 5.75 Å². The van der Waals surface area contributed by atoms with E-state index >= 15 is 0 Å². The van der Waals surface area contributed by atoms with E-state index in [1.165, 1.54) is 6.20 Å². The van der Waals surface area contributed by atoms with Gasteiger partial charge >= 0.3 is 0 Å². The lowest BCUT2D eigenvalue weighted by molar-refractivity contribution is 0.320. The minimum Gasteiger partial charge on any atom is -0.492 e. The minimum absolute atomic E-state index is 0.433. The molecular formula is C14H11Cl2N3O. The van der Waals surface area contributed by atoms with Crippen molar-refractivity contribution in [3.8, 4) is 5.75 Å². The fourth-order valence-electron chi connectivity index (χ4n) is 1.96. The summed E-state index contributed by atoms with van der Waals surface area (Å²) in [5.74, 6) is 1.32. The number of rotatable bonds is 2. The van der Waals surface area contributed by atoms with Crippen molar-refractivity contribution in [1.29, 1.82) is 0 Å². The van der Waals surface area contributed by atoms with Gasteiger partial charge in [0.25, 0.3) is 0 Å². The van der Waals surface area contributed by atoms with Crippen LogP contribution >= 0.6 is 23.2 Å². The second-order valence-corrected chi connectivity index (χ2v) is 5.09. The molecule has 4 nitrogen and oxygen atoms in total. The molecule has 0 amide bonds. The topological polar surface area (TPSA) is 46.5 Å². The second-order valence-electron chi connectivity index (χ2n) is 4.25. The standard InChI is InChI=1S/C14H11Cl2N3O/c15-9-7-11(16)14(17-8-9)19-18-12-5-6-20-13-4-2-1-3-10(12)13/h1-4,7-8H,5-6H2,(H,17,19). The normalized spacial score (nSPS) is 15.6. The van der Waals surface area contributed by atoms with Crippen molar-refractivity contribution in [2.45, 2.75) is 6.42 Å². The highest BCUT2D eigenvalue weighted by molar-refractivity contribution is 6.35. The van der Waals surface area contributed by atoms with E-state index in [0.29, 0.717) is 22.5 Å². The molecule has 2 heterocycles. The van der Waals surface area contributed by atoms with Gasteiger partial charge in [-0.05, 0) is 18.2 Å². The maximum atomic E-state index is 6.04. The van der Waals surface area contributed by atoms with Crippen LogP contribution in [0, 0.1) is 0 Å². The van der Waals surface area contributed by atoms with Gasteiger partial charge in [-0.3, -0.25) is 5.43 Å². The number of hydrazone groups is 1. The molecule has 0 spiro atoms. The third-order valence-electron chi connectivity index (χ3n) is 2.90. The maximum Gasteiger partial charge on any atom is 0.165 e. The first-order valence-corrected chi connectivity index (χ1v) is 6.85. The molecule has 0 saturated heterocycles. The Morgan fingerprint density at radius 1 is 1.25 bits per heavy atom. The van der Waals surface area contributed by atoms with E-state index in [4.69, 9.17) is 27.9 Å². The summed E-state index contributed by atoms with van der Waals surface area (Å²) in [5, 5.41) is 5.30. The van der Waals surface area contributed by atoms with Crippen LogP contribution < -0.4 is 10.2 Å². The number of halogens is 2. The summed E-state index contributed by atoms with van der Waals surface area (Å²) in [7, 11) is 0. The number of ether oxygens (including phenoxy) is 1. The molecule has 0 atom stereocenters. The molecule has 0 aliphatic carbocycles. The van der Waals surface area contributed by atoms with Gasteiger partial charge in [0.15, 0.2) is 5.82 Å². The summed E-state index contributed by atoms with van der Waals surface area (Å²) in [6, 6.07) is 9.42. The maximum absolute atomic E-state index is 6.04. The Balaban J connectivity index is 1.87. The van der Waals surface area contributed by atoms with Crippen molar-refractivity contribution < 1.29 is 4.74 Å². The van der Waals surface area contributed by atoms with Crippen LogP contribution in [0.15, 0.2) is 41.6 Å². The number of anilines is 1. The SMILES string of the molecule is Clc1cnc(NN=C2CCOc3ccccc32)c(Cl)c1. The predicted octanol–water partition coefficient (Wildman–Crippen LogP) is 3.99. The molecule has 0 saturated carbocycles. The molecule has 20 heavy (non-hydrogen) atoms. The molecule has 3 rings (SSSR count). The van der Waals surface area contributed by atoms with Gasteiger partial charge in [-0.1, -0.05) is 35.3 Å². The van der Waals surface area contributed by atoms with Gasteiger partial charge in [0.1, 0.15) is 5.75 Å². The third kappa shape index (κ3) is 2.71. The van der Waals surface area contributed by atoms with Crippen LogP contribution in [0.25, 0.3) is 0 Å². The van der Waals surface area contributed by atoms with Crippen LogP contribution in [0.4, 0.5) is 5.82 Å². The highest BCUT2D eigenvalue weighted by Gasteiger charge is 2.16. The van der Waals surface area contributed by atoms with Gasteiger partial charge in [-0.2, -0.15) is 5.10 Å². The van der Waals surface area contributed by atoms with Gasteiger partial charge in [0, 0.05) is 18.2 Å². The summed E-state index contributed by atoms with van der Waals surface area (Å²) in [5.41, 5.74) is 4.78. The zero-order valence-corrected chi connectivity index (χ0v) is 11.9.